The lowest BCUT2D eigenvalue weighted by Crippen LogP contribution is -2.10. The largest absolute Gasteiger partial charge is 0.419 e. The second-order valence-corrected chi connectivity index (χ2v) is 3.62. The second kappa shape index (κ2) is 4.00. The highest BCUT2D eigenvalue weighted by molar-refractivity contribution is 6.36. The van der Waals surface area contributed by atoms with E-state index in [0.29, 0.717) is 0 Å². The molecule has 0 aromatic heterocycles. The van der Waals surface area contributed by atoms with Gasteiger partial charge in [-0.1, -0.05) is 23.2 Å². The lowest BCUT2D eigenvalue weighted by Gasteiger charge is -2.14. The Morgan fingerprint density at radius 1 is 0.750 bits per heavy atom. The fourth-order valence-corrected chi connectivity index (χ4v) is 1.71. The van der Waals surface area contributed by atoms with E-state index in [1.807, 2.05) is 0 Å². The zero-order valence-electron chi connectivity index (χ0n) is 7.18. The summed E-state index contributed by atoms with van der Waals surface area (Å²) in [6.07, 6.45) is -9.68. The molecule has 0 spiro atoms. The maximum atomic E-state index is 12.3. The molecule has 0 aliphatic heterocycles. The van der Waals surface area contributed by atoms with E-state index in [1.54, 1.807) is 0 Å². The third kappa shape index (κ3) is 2.74. The molecule has 0 saturated carbocycles. The second-order valence-electron chi connectivity index (χ2n) is 2.81. The molecule has 0 heterocycles. The zero-order chi connectivity index (χ0) is 12.7. The summed E-state index contributed by atoms with van der Waals surface area (Å²) in [5, 5.41) is -2.15. The minimum absolute atomic E-state index is 0.191. The maximum Gasteiger partial charge on any atom is 0.419 e. The van der Waals surface area contributed by atoms with Crippen LogP contribution in [0.15, 0.2) is 12.1 Å². The molecule has 16 heavy (non-hydrogen) atoms. The van der Waals surface area contributed by atoms with E-state index in [9.17, 15) is 26.3 Å². The summed E-state index contributed by atoms with van der Waals surface area (Å²) in [6.45, 7) is 0. The van der Waals surface area contributed by atoms with Crippen LogP contribution < -0.4 is 0 Å². The molecule has 0 unspecified atom stereocenters. The smallest absolute Gasteiger partial charge is 0.166 e. The van der Waals surface area contributed by atoms with Gasteiger partial charge in [-0.15, -0.1) is 0 Å². The highest BCUT2D eigenvalue weighted by Gasteiger charge is 2.39. The molecule has 90 valence electrons. The summed E-state index contributed by atoms with van der Waals surface area (Å²) in [6, 6.07) is 0.381. The van der Waals surface area contributed by atoms with Crippen molar-refractivity contribution in [2.24, 2.45) is 0 Å². The molecule has 1 aromatic carbocycles. The van der Waals surface area contributed by atoms with Gasteiger partial charge < -0.3 is 0 Å². The van der Waals surface area contributed by atoms with Gasteiger partial charge in [0.25, 0.3) is 0 Å². The third-order valence-electron chi connectivity index (χ3n) is 1.65. The van der Waals surface area contributed by atoms with Crippen molar-refractivity contribution in [3.05, 3.63) is 33.3 Å². The van der Waals surface area contributed by atoms with Gasteiger partial charge in [0.1, 0.15) is 0 Å². The summed E-state index contributed by atoms with van der Waals surface area (Å²) in [5.74, 6) is 0. The minimum atomic E-state index is -4.89. The van der Waals surface area contributed by atoms with E-state index >= 15 is 0 Å². The van der Waals surface area contributed by atoms with Gasteiger partial charge in [0.2, 0.25) is 0 Å². The minimum Gasteiger partial charge on any atom is -0.166 e. The third-order valence-corrected chi connectivity index (χ3v) is 2.25. The molecule has 0 aliphatic rings. The molecule has 0 N–H and O–H groups in total. The van der Waals surface area contributed by atoms with Crippen LogP contribution in [-0.2, 0) is 12.4 Å². The number of benzene rings is 1. The van der Waals surface area contributed by atoms with Crippen LogP contribution in [0.5, 0.6) is 0 Å². The van der Waals surface area contributed by atoms with Crippen molar-refractivity contribution < 1.29 is 26.3 Å². The molecule has 0 saturated heterocycles. The van der Waals surface area contributed by atoms with E-state index in [2.05, 4.69) is 0 Å². The van der Waals surface area contributed by atoms with E-state index in [1.165, 1.54) is 0 Å². The van der Waals surface area contributed by atoms with Crippen molar-refractivity contribution in [1.82, 2.24) is 0 Å². The number of rotatable bonds is 0. The highest BCUT2D eigenvalue weighted by atomic mass is 35.5. The summed E-state index contributed by atoms with van der Waals surface area (Å²) in [5.41, 5.74) is -2.79. The van der Waals surface area contributed by atoms with Crippen molar-refractivity contribution in [2.75, 3.05) is 0 Å². The van der Waals surface area contributed by atoms with Crippen LogP contribution in [0.4, 0.5) is 26.3 Å². The van der Waals surface area contributed by atoms with Gasteiger partial charge in [0, 0.05) is 0 Å². The SMILES string of the molecule is FC(F)(F)c1cc(Cl)c(C(F)(F)F)c(Cl)c1. The molecule has 0 bridgehead atoms. The first-order valence-corrected chi connectivity index (χ1v) is 4.42. The number of hydrogen-bond donors (Lipinski definition) is 0. The Morgan fingerprint density at radius 3 is 1.38 bits per heavy atom. The molecule has 1 aromatic rings. The van der Waals surface area contributed by atoms with Gasteiger partial charge in [0.15, 0.2) is 0 Å². The van der Waals surface area contributed by atoms with Gasteiger partial charge in [-0.25, -0.2) is 0 Å². The first kappa shape index (κ1) is 13.4. The van der Waals surface area contributed by atoms with Crippen LogP contribution in [0.3, 0.4) is 0 Å². The van der Waals surface area contributed by atoms with Crippen LogP contribution in [0, 0.1) is 0 Å². The highest BCUT2D eigenvalue weighted by Crippen LogP contribution is 2.42. The number of halogens is 8. The Balaban J connectivity index is 3.41. The molecule has 0 aliphatic carbocycles. The molecular weight excluding hydrogens is 281 g/mol. The molecule has 0 nitrogen and oxygen atoms in total. The quantitative estimate of drug-likeness (QED) is 0.586. The lowest BCUT2D eigenvalue weighted by atomic mass is 10.1. The van der Waals surface area contributed by atoms with E-state index < -0.39 is 33.5 Å². The molecule has 1 rings (SSSR count). The van der Waals surface area contributed by atoms with Gasteiger partial charge in [-0.2, -0.15) is 26.3 Å². The summed E-state index contributed by atoms with van der Waals surface area (Å²) in [7, 11) is 0. The molecule has 0 fully saturated rings. The zero-order valence-corrected chi connectivity index (χ0v) is 8.69. The van der Waals surface area contributed by atoms with E-state index in [4.69, 9.17) is 23.2 Å². The maximum absolute atomic E-state index is 12.3. The first-order valence-electron chi connectivity index (χ1n) is 3.67. The van der Waals surface area contributed by atoms with Gasteiger partial charge >= 0.3 is 12.4 Å². The van der Waals surface area contributed by atoms with Crippen LogP contribution in [0.25, 0.3) is 0 Å². The average Bonchev–Trinajstić information content (AvgIpc) is 1.97. The fourth-order valence-electron chi connectivity index (χ4n) is 1.01. The van der Waals surface area contributed by atoms with E-state index in [0.717, 1.165) is 0 Å². The van der Waals surface area contributed by atoms with Crippen molar-refractivity contribution in [3.8, 4) is 0 Å². The molecule has 0 amide bonds. The Morgan fingerprint density at radius 2 is 1.12 bits per heavy atom. The van der Waals surface area contributed by atoms with Crippen LogP contribution in [-0.4, -0.2) is 0 Å². The molecule has 8 heteroatoms. The fraction of sp³-hybridized carbons (Fsp3) is 0.250. The van der Waals surface area contributed by atoms with Crippen molar-refractivity contribution in [2.45, 2.75) is 12.4 Å². The summed E-state index contributed by atoms with van der Waals surface area (Å²) >= 11 is 10.2. The van der Waals surface area contributed by atoms with Crippen molar-refractivity contribution in [1.29, 1.82) is 0 Å². The Labute approximate surface area is 95.8 Å². The molecule has 0 atom stereocenters. The Bertz CT molecular complexity index is 383. The monoisotopic (exact) mass is 282 g/mol. The number of alkyl halides is 6. The van der Waals surface area contributed by atoms with Gasteiger partial charge in [-0.05, 0) is 12.1 Å². The van der Waals surface area contributed by atoms with Crippen molar-refractivity contribution >= 4 is 23.2 Å². The van der Waals surface area contributed by atoms with Gasteiger partial charge in [0.05, 0.1) is 21.2 Å². The van der Waals surface area contributed by atoms with Crippen LogP contribution in [0.1, 0.15) is 11.1 Å². The Kier molecular flexibility index (Phi) is 3.36. The summed E-state index contributed by atoms with van der Waals surface area (Å²) in [4.78, 5) is 0. The lowest BCUT2D eigenvalue weighted by molar-refractivity contribution is -0.141. The molecule has 0 radical (unpaired) electrons. The topological polar surface area (TPSA) is 0 Å². The molecular formula is C8H2Cl2F6. The average molecular weight is 283 g/mol. The first-order chi connectivity index (χ1) is 7.03. The van der Waals surface area contributed by atoms with Gasteiger partial charge in [-0.3, -0.25) is 0 Å². The Hall–Kier alpha value is -0.620. The number of hydrogen-bond acceptors (Lipinski definition) is 0. The van der Waals surface area contributed by atoms with Crippen molar-refractivity contribution in [3.63, 3.8) is 0 Å². The van der Waals surface area contributed by atoms with Crippen LogP contribution >= 0.6 is 23.2 Å². The predicted octanol–water partition coefficient (Wildman–Crippen LogP) is 5.03. The predicted molar refractivity (Wildman–Crippen MR) is 46.5 cm³/mol. The standard InChI is InChI=1S/C8H2Cl2F6/c9-4-1-3(7(11,12)13)2-5(10)6(4)8(14,15)16/h1-2H. The van der Waals surface area contributed by atoms with E-state index in [-0.39, 0.29) is 12.1 Å². The normalized spacial score (nSPS) is 13.0. The summed E-state index contributed by atoms with van der Waals surface area (Å²) < 4.78 is 73.4. The van der Waals surface area contributed by atoms with Crippen LogP contribution in [0.2, 0.25) is 10.0 Å².